The van der Waals surface area contributed by atoms with E-state index in [1.807, 2.05) is 24.3 Å². The van der Waals surface area contributed by atoms with E-state index in [1.165, 1.54) is -0.342 Å². The number of rotatable bonds is 2. The van der Waals surface area contributed by atoms with Crippen LogP contribution in [0.3, 0.4) is 0 Å². The minimum absolute atomic E-state index is 0.598. The zero-order valence-electron chi connectivity index (χ0n) is 6.16. The third-order valence-electron chi connectivity index (χ3n) is 1.30. The van der Waals surface area contributed by atoms with Gasteiger partial charge in [-0.3, -0.25) is 0 Å². The van der Waals surface area contributed by atoms with Crippen molar-refractivity contribution in [1.29, 1.82) is 0 Å². The van der Waals surface area contributed by atoms with Gasteiger partial charge in [-0.05, 0) is 0 Å². The molecule has 0 aliphatic heterocycles. The van der Waals surface area contributed by atoms with Crippen molar-refractivity contribution in [2.75, 3.05) is 0 Å². The molecule has 50 valence electrons. The first-order valence-electron chi connectivity index (χ1n) is 3.25. The first-order valence-corrected chi connectivity index (χ1v) is 7.66. The van der Waals surface area contributed by atoms with Crippen molar-refractivity contribution >= 4 is 77.3 Å². The fourth-order valence-electron chi connectivity index (χ4n) is 0.760. The van der Waals surface area contributed by atoms with Gasteiger partial charge in [0.05, 0.1) is 0 Å². The van der Waals surface area contributed by atoms with Crippen molar-refractivity contribution in [3.63, 3.8) is 0 Å². The Hall–Kier alpha value is 1.13. The van der Waals surface area contributed by atoms with Crippen LogP contribution in [0.1, 0.15) is 0 Å². The Morgan fingerprint density at radius 1 is 1.36 bits per heavy atom. The number of hydrogen-bond donors (Lipinski definition) is 1. The van der Waals surface area contributed by atoms with Gasteiger partial charge in [-0.15, -0.1) is 0 Å². The predicted octanol–water partition coefficient (Wildman–Crippen LogP) is -0.512. The molecular formula is C7H5KO2Sn. The molecule has 1 aromatic rings. The van der Waals surface area contributed by atoms with Gasteiger partial charge in [0.2, 0.25) is 0 Å². The van der Waals surface area contributed by atoms with E-state index in [1.54, 1.807) is 0 Å². The second-order valence-electron chi connectivity index (χ2n) is 2.30. The van der Waals surface area contributed by atoms with Crippen LogP contribution in [0.25, 0.3) is 0 Å². The van der Waals surface area contributed by atoms with E-state index < -0.39 is 25.1 Å². The van der Waals surface area contributed by atoms with Crippen molar-refractivity contribution in [3.8, 4) is 0 Å². The van der Waals surface area contributed by atoms with E-state index in [-0.39, 0.29) is 0 Å². The van der Waals surface area contributed by atoms with Gasteiger partial charge >= 0.3 is 111 Å². The van der Waals surface area contributed by atoms with Crippen LogP contribution in [0.5, 0.6) is 0 Å². The van der Waals surface area contributed by atoms with Crippen LogP contribution < -0.4 is 3.24 Å². The summed E-state index contributed by atoms with van der Waals surface area (Å²) in [6, 6.07) is 8.00. The molecular weight excluding hydrogens is 274 g/mol. The maximum atomic E-state index is 10.3. The SMILES string of the molecule is O=[C](O)[Sn][c]1cc[c]([K])cc1. The standard InChI is InChI=1S/C6H4.CHO2.K.Sn/c1-2-4-6-5-3-1;2-1-3;;/h1-2,5-6H;(H,2,3);;. The summed E-state index contributed by atoms with van der Waals surface area (Å²) >= 11 is -0.613. The molecule has 0 fully saturated rings. The summed E-state index contributed by atoms with van der Waals surface area (Å²) in [5.74, 6) is 0. The van der Waals surface area contributed by atoms with E-state index in [9.17, 15) is 4.79 Å². The molecule has 2 nitrogen and oxygen atoms in total. The molecule has 0 amide bonds. The molecule has 0 aromatic heterocycles. The first-order chi connectivity index (χ1) is 5.18. The Bertz CT molecular complexity index is 258. The van der Waals surface area contributed by atoms with Gasteiger partial charge in [0.15, 0.2) is 0 Å². The van der Waals surface area contributed by atoms with Crippen LogP contribution in [0, 0.1) is 0 Å². The molecule has 0 atom stereocenters. The molecule has 0 saturated carbocycles. The Morgan fingerprint density at radius 3 is 2.36 bits per heavy atom. The van der Waals surface area contributed by atoms with E-state index in [0.29, 0.717) is 49.0 Å². The van der Waals surface area contributed by atoms with Crippen LogP contribution in [-0.2, 0) is 0 Å². The quantitative estimate of drug-likeness (QED) is 0.740. The second kappa shape index (κ2) is 4.99. The van der Waals surface area contributed by atoms with E-state index in [0.717, 1.165) is 3.58 Å². The number of benzene rings is 1. The van der Waals surface area contributed by atoms with E-state index in [4.69, 9.17) is 5.11 Å². The normalized spacial score (nSPS) is 9.64. The molecule has 2 radical (unpaired) electrons. The van der Waals surface area contributed by atoms with E-state index in [2.05, 4.69) is 0 Å². The average Bonchev–Trinajstić information content (AvgIpc) is 1.93. The van der Waals surface area contributed by atoms with Gasteiger partial charge in [0.1, 0.15) is 0 Å². The summed E-state index contributed by atoms with van der Waals surface area (Å²) in [6.45, 7) is 0. The van der Waals surface area contributed by atoms with Gasteiger partial charge in [-0.2, -0.15) is 0 Å². The molecule has 0 saturated heterocycles. The second-order valence-corrected chi connectivity index (χ2v) is 7.68. The van der Waals surface area contributed by atoms with Gasteiger partial charge < -0.3 is 0 Å². The van der Waals surface area contributed by atoms with Crippen LogP contribution in [-0.4, -0.2) is 79.2 Å². The Balaban J connectivity index is 2.74. The summed E-state index contributed by atoms with van der Waals surface area (Å²) in [4.78, 5) is 10.3. The average molecular weight is 279 g/mol. The molecule has 1 N–H and O–H groups in total. The van der Waals surface area contributed by atoms with Crippen molar-refractivity contribution in [1.82, 2.24) is 0 Å². The Kier molecular flexibility index (Phi) is 4.63. The van der Waals surface area contributed by atoms with Crippen molar-refractivity contribution in [2.24, 2.45) is 0 Å². The maximum absolute atomic E-state index is 10.3. The summed E-state index contributed by atoms with van der Waals surface area (Å²) in [7, 11) is 0. The molecule has 0 spiro atoms. The Labute approximate surface area is 109 Å². The molecule has 0 bridgehead atoms. The van der Waals surface area contributed by atoms with Crippen LogP contribution in [0.4, 0.5) is 4.79 Å². The predicted molar refractivity (Wildman–Crippen MR) is 45.2 cm³/mol. The van der Waals surface area contributed by atoms with Gasteiger partial charge in [-0.25, -0.2) is 0 Å². The first kappa shape index (κ1) is 10.2. The van der Waals surface area contributed by atoms with Crippen LogP contribution in [0.15, 0.2) is 24.3 Å². The molecule has 1 aromatic carbocycles. The van der Waals surface area contributed by atoms with Crippen LogP contribution in [0.2, 0.25) is 0 Å². The van der Waals surface area contributed by atoms with E-state index >= 15 is 0 Å². The number of hydrogen-bond acceptors (Lipinski definition) is 1. The zero-order valence-corrected chi connectivity index (χ0v) is 12.1. The van der Waals surface area contributed by atoms with Gasteiger partial charge in [0.25, 0.3) is 0 Å². The summed E-state index contributed by atoms with van der Waals surface area (Å²) in [6.07, 6.45) is 0. The molecule has 1 rings (SSSR count). The van der Waals surface area contributed by atoms with Crippen molar-refractivity contribution < 1.29 is 9.90 Å². The minimum atomic E-state index is -1.32. The molecule has 0 unspecified atom stereocenters. The molecule has 0 aliphatic rings. The van der Waals surface area contributed by atoms with Crippen molar-refractivity contribution in [3.05, 3.63) is 24.3 Å². The number of carbonyl (C=O) groups is 1. The zero-order chi connectivity index (χ0) is 8.27. The van der Waals surface area contributed by atoms with Crippen LogP contribution >= 0.6 is 0 Å². The van der Waals surface area contributed by atoms with Gasteiger partial charge in [-0.1, -0.05) is 0 Å². The molecule has 0 aliphatic carbocycles. The number of carboxylic acid groups (broad SMARTS) is 1. The summed E-state index contributed by atoms with van der Waals surface area (Å²) < 4.78 is 1.82. The Morgan fingerprint density at radius 2 is 1.91 bits per heavy atom. The monoisotopic (exact) mass is 280 g/mol. The third kappa shape index (κ3) is 4.05. The summed E-state index contributed by atoms with van der Waals surface area (Å²) in [5, 5.41) is 8.52. The fourth-order valence-corrected chi connectivity index (χ4v) is 2.94. The van der Waals surface area contributed by atoms with Gasteiger partial charge in [0, 0.05) is 0 Å². The molecule has 4 heteroatoms. The molecule has 11 heavy (non-hydrogen) atoms. The summed E-state index contributed by atoms with van der Waals surface area (Å²) in [5.41, 5.74) is 0. The molecule has 0 heterocycles. The topological polar surface area (TPSA) is 37.3 Å². The fraction of sp³-hybridized carbons (Fsp3) is 0. The van der Waals surface area contributed by atoms with Crippen molar-refractivity contribution in [2.45, 2.75) is 0 Å². The third-order valence-corrected chi connectivity index (χ3v) is 4.73.